The van der Waals surface area contributed by atoms with Crippen molar-refractivity contribution in [2.45, 2.75) is 23.7 Å². The van der Waals surface area contributed by atoms with E-state index in [4.69, 9.17) is 13.9 Å². The zero-order valence-electron chi connectivity index (χ0n) is 14.6. The van der Waals surface area contributed by atoms with E-state index in [-0.39, 0.29) is 11.6 Å². The second-order valence-corrected chi connectivity index (χ2v) is 6.87. The smallest absolute Gasteiger partial charge is 0.287 e. The Morgan fingerprint density at radius 2 is 1.89 bits per heavy atom. The minimum atomic E-state index is -0.440. The monoisotopic (exact) mass is 397 g/mol. The molecule has 8 nitrogen and oxygen atoms in total. The Labute approximate surface area is 164 Å². The van der Waals surface area contributed by atoms with Gasteiger partial charge in [-0.1, -0.05) is 54.2 Å². The predicted octanol–water partition coefficient (Wildman–Crippen LogP) is 4.18. The van der Waals surface area contributed by atoms with Gasteiger partial charge in [0.1, 0.15) is 6.26 Å². The number of hydrogen-bond donors (Lipinski definition) is 0. The fourth-order valence-electron chi connectivity index (χ4n) is 2.60. The van der Waals surface area contributed by atoms with Gasteiger partial charge in [0, 0.05) is 24.3 Å². The molecule has 0 amide bonds. The molecule has 0 bridgehead atoms. The van der Waals surface area contributed by atoms with E-state index < -0.39 is 11.2 Å². The molecule has 142 valence electrons. The molecule has 0 spiro atoms. The Hall–Kier alpha value is -3.33. The van der Waals surface area contributed by atoms with Crippen LogP contribution in [-0.2, 0) is 21.6 Å². The Balaban J connectivity index is 1.33. The maximum Gasteiger partial charge on any atom is 0.287 e. The molecule has 2 aromatic carbocycles. The minimum Gasteiger partial charge on any atom is -0.458 e. The van der Waals surface area contributed by atoms with Crippen molar-refractivity contribution in [3.05, 3.63) is 88.0 Å². The highest BCUT2D eigenvalue weighted by atomic mass is 32.2. The summed E-state index contributed by atoms with van der Waals surface area (Å²) in [7, 11) is 0. The lowest BCUT2D eigenvalue weighted by molar-refractivity contribution is -0.384. The Bertz CT molecular complexity index is 1010. The molecule has 3 aromatic rings. The molecule has 1 aliphatic heterocycles. The second kappa shape index (κ2) is 8.13. The van der Waals surface area contributed by atoms with Crippen LogP contribution in [0, 0.1) is 10.1 Å². The number of thioether (sulfide) groups is 1. The maximum atomic E-state index is 10.8. The Morgan fingerprint density at radius 1 is 1.07 bits per heavy atom. The molecule has 0 aliphatic carbocycles. The first kappa shape index (κ1) is 18.1. The van der Waals surface area contributed by atoms with Gasteiger partial charge in [0.2, 0.25) is 12.0 Å². The fourth-order valence-corrected chi connectivity index (χ4v) is 3.31. The normalized spacial score (nSPS) is 15.6. The molecule has 1 aromatic heterocycles. The van der Waals surface area contributed by atoms with Gasteiger partial charge in [-0.15, -0.1) is 10.2 Å². The summed E-state index contributed by atoms with van der Waals surface area (Å²) < 4.78 is 16.8. The van der Waals surface area contributed by atoms with Gasteiger partial charge in [-0.2, -0.15) is 0 Å². The topological polar surface area (TPSA) is 101 Å². The van der Waals surface area contributed by atoms with Crippen LogP contribution < -0.4 is 0 Å². The van der Waals surface area contributed by atoms with E-state index in [9.17, 15) is 10.1 Å². The average Bonchev–Trinajstić information content (AvgIpc) is 3.37. The molecule has 0 N–H and O–H groups in total. The van der Waals surface area contributed by atoms with Crippen LogP contribution in [0.4, 0.5) is 5.69 Å². The van der Waals surface area contributed by atoms with Gasteiger partial charge in [-0.05, 0) is 11.1 Å². The molecule has 4 rings (SSSR count). The van der Waals surface area contributed by atoms with Gasteiger partial charge < -0.3 is 13.9 Å². The number of rotatable bonds is 7. The van der Waals surface area contributed by atoms with Crippen LogP contribution in [0.15, 0.2) is 70.5 Å². The third-order valence-corrected chi connectivity index (χ3v) is 4.82. The van der Waals surface area contributed by atoms with Crippen molar-refractivity contribution in [3.63, 3.8) is 0 Å². The molecule has 1 unspecified atom stereocenters. The van der Waals surface area contributed by atoms with Gasteiger partial charge in [-0.25, -0.2) is 0 Å². The number of non-ortho nitro benzene ring substituents is 1. The average molecular weight is 397 g/mol. The summed E-state index contributed by atoms with van der Waals surface area (Å²) in [5, 5.41) is 19.1. The summed E-state index contributed by atoms with van der Waals surface area (Å²) in [6, 6.07) is 16.3. The fraction of sp³-hybridized carbons (Fsp3) is 0.158. The van der Waals surface area contributed by atoms with Crippen molar-refractivity contribution >= 4 is 23.2 Å². The van der Waals surface area contributed by atoms with Gasteiger partial charge in [0.15, 0.2) is 0 Å². The molecule has 28 heavy (non-hydrogen) atoms. The first-order chi connectivity index (χ1) is 13.7. The van der Waals surface area contributed by atoms with E-state index in [1.165, 1.54) is 30.2 Å². The van der Waals surface area contributed by atoms with E-state index >= 15 is 0 Å². The SMILES string of the molecule is O=[N+]([O-])c1cccc(CSc2nnc(C3=COC(Cc4ccccc4)O3)o2)c1. The van der Waals surface area contributed by atoms with Crippen molar-refractivity contribution in [3.8, 4) is 0 Å². The van der Waals surface area contributed by atoms with Crippen molar-refractivity contribution in [2.24, 2.45) is 0 Å². The third kappa shape index (κ3) is 4.32. The molecule has 0 saturated carbocycles. The van der Waals surface area contributed by atoms with E-state index in [0.717, 1.165) is 11.1 Å². The molecule has 2 heterocycles. The Morgan fingerprint density at radius 3 is 2.71 bits per heavy atom. The van der Waals surface area contributed by atoms with E-state index in [0.29, 0.717) is 23.2 Å². The number of nitrogens with zero attached hydrogens (tertiary/aromatic N) is 3. The summed E-state index contributed by atoms with van der Waals surface area (Å²) >= 11 is 1.29. The van der Waals surface area contributed by atoms with Crippen LogP contribution in [0.3, 0.4) is 0 Å². The van der Waals surface area contributed by atoms with Gasteiger partial charge >= 0.3 is 0 Å². The molecular formula is C19H15N3O5S. The second-order valence-electron chi connectivity index (χ2n) is 5.94. The standard InChI is InChI=1S/C19H15N3O5S/c23-22(24)15-8-4-7-14(9-15)12-28-19-21-20-18(27-19)16-11-25-17(26-16)10-13-5-2-1-3-6-13/h1-9,11,17H,10,12H2. The molecule has 1 atom stereocenters. The van der Waals surface area contributed by atoms with E-state index in [1.807, 2.05) is 36.4 Å². The van der Waals surface area contributed by atoms with Gasteiger partial charge in [0.05, 0.1) is 4.92 Å². The van der Waals surface area contributed by atoms with Crippen LogP contribution in [-0.4, -0.2) is 21.4 Å². The van der Waals surface area contributed by atoms with Crippen molar-refractivity contribution in [1.82, 2.24) is 10.2 Å². The highest BCUT2D eigenvalue weighted by Gasteiger charge is 2.25. The molecule has 0 radical (unpaired) electrons. The number of ether oxygens (including phenoxy) is 2. The van der Waals surface area contributed by atoms with Crippen molar-refractivity contribution in [1.29, 1.82) is 0 Å². The van der Waals surface area contributed by atoms with Crippen molar-refractivity contribution in [2.75, 3.05) is 0 Å². The summed E-state index contributed by atoms with van der Waals surface area (Å²) in [5.41, 5.74) is 1.94. The van der Waals surface area contributed by atoms with Gasteiger partial charge in [-0.3, -0.25) is 10.1 Å². The number of aromatic nitrogens is 2. The zero-order valence-corrected chi connectivity index (χ0v) is 15.4. The minimum absolute atomic E-state index is 0.0513. The Kier molecular flexibility index (Phi) is 5.24. The number of nitro benzene ring substituents is 1. The lowest BCUT2D eigenvalue weighted by atomic mass is 10.1. The quantitative estimate of drug-likeness (QED) is 0.332. The first-order valence-electron chi connectivity index (χ1n) is 8.43. The number of benzene rings is 2. The van der Waals surface area contributed by atoms with Crippen LogP contribution in [0.2, 0.25) is 0 Å². The van der Waals surface area contributed by atoms with E-state index in [1.54, 1.807) is 6.07 Å². The highest BCUT2D eigenvalue weighted by molar-refractivity contribution is 7.98. The number of hydrogen-bond acceptors (Lipinski definition) is 8. The van der Waals surface area contributed by atoms with Gasteiger partial charge in [0.25, 0.3) is 16.8 Å². The highest BCUT2D eigenvalue weighted by Crippen LogP contribution is 2.29. The summed E-state index contributed by atoms with van der Waals surface area (Å²) in [6.45, 7) is 0. The van der Waals surface area contributed by atoms with Crippen LogP contribution >= 0.6 is 11.8 Å². The summed E-state index contributed by atoms with van der Waals surface area (Å²) in [5.74, 6) is 1.09. The molecule has 0 saturated heterocycles. The molecule has 0 fully saturated rings. The van der Waals surface area contributed by atoms with Crippen molar-refractivity contribution < 1.29 is 18.8 Å². The summed E-state index contributed by atoms with van der Waals surface area (Å²) in [6.07, 6.45) is 1.63. The van der Waals surface area contributed by atoms with E-state index in [2.05, 4.69) is 10.2 Å². The van der Waals surface area contributed by atoms with Crippen LogP contribution in [0.1, 0.15) is 17.0 Å². The summed E-state index contributed by atoms with van der Waals surface area (Å²) in [4.78, 5) is 10.4. The molecule has 9 heteroatoms. The molecule has 1 aliphatic rings. The largest absolute Gasteiger partial charge is 0.458 e. The van der Waals surface area contributed by atoms with Crippen LogP contribution in [0.25, 0.3) is 5.76 Å². The predicted molar refractivity (Wildman–Crippen MR) is 101 cm³/mol. The number of nitro groups is 1. The molecular weight excluding hydrogens is 382 g/mol. The third-order valence-electron chi connectivity index (χ3n) is 3.93. The zero-order chi connectivity index (χ0) is 19.3. The maximum absolute atomic E-state index is 10.8. The lowest BCUT2D eigenvalue weighted by Crippen LogP contribution is -2.11. The first-order valence-corrected chi connectivity index (χ1v) is 9.42. The lowest BCUT2D eigenvalue weighted by Gasteiger charge is -2.10. The van der Waals surface area contributed by atoms with Crippen LogP contribution in [0.5, 0.6) is 0 Å².